The van der Waals surface area contributed by atoms with Gasteiger partial charge in [0, 0.05) is 24.7 Å². The molecule has 0 unspecified atom stereocenters. The van der Waals surface area contributed by atoms with E-state index in [0.717, 1.165) is 37.6 Å². The minimum atomic E-state index is 0.106. The largest absolute Gasteiger partial charge is 0.396 e. The van der Waals surface area contributed by atoms with E-state index in [2.05, 4.69) is 9.97 Å². The maximum atomic E-state index is 8.77. The summed E-state index contributed by atoms with van der Waals surface area (Å²) in [6.45, 7) is 1.60. The third kappa shape index (κ3) is 2.08. The van der Waals surface area contributed by atoms with Crippen LogP contribution in [-0.2, 0) is 24.0 Å². The smallest absolute Gasteiger partial charge is 0.130 e. The van der Waals surface area contributed by atoms with Crippen LogP contribution in [0.25, 0.3) is 0 Å². The maximum Gasteiger partial charge on any atom is 0.130 e. The van der Waals surface area contributed by atoms with Gasteiger partial charge in [0.1, 0.15) is 5.82 Å². The molecule has 2 heterocycles. The molecule has 0 amide bonds. The Morgan fingerprint density at radius 3 is 3.07 bits per heavy atom. The normalized spacial score (nSPS) is 16.1. The van der Waals surface area contributed by atoms with Gasteiger partial charge in [-0.05, 0) is 12.0 Å². The van der Waals surface area contributed by atoms with Crippen LogP contribution < -0.4 is 0 Å². The molecule has 4 heteroatoms. The highest BCUT2D eigenvalue weighted by Crippen LogP contribution is 2.11. The van der Waals surface area contributed by atoms with Crippen LogP contribution >= 0.6 is 0 Å². The van der Waals surface area contributed by atoms with Gasteiger partial charge < -0.3 is 9.84 Å². The van der Waals surface area contributed by atoms with Gasteiger partial charge in [0.2, 0.25) is 0 Å². The van der Waals surface area contributed by atoms with E-state index in [-0.39, 0.29) is 6.61 Å². The van der Waals surface area contributed by atoms with E-state index in [0.29, 0.717) is 6.42 Å². The topological polar surface area (TPSA) is 55.2 Å². The average molecular weight is 194 g/mol. The first-order valence-corrected chi connectivity index (χ1v) is 4.92. The van der Waals surface area contributed by atoms with Crippen LogP contribution in [0.2, 0.25) is 0 Å². The molecule has 76 valence electrons. The molecule has 4 nitrogen and oxygen atoms in total. The molecule has 0 bridgehead atoms. The van der Waals surface area contributed by atoms with Crippen LogP contribution in [0.3, 0.4) is 0 Å². The Bertz CT molecular complexity index is 315. The van der Waals surface area contributed by atoms with Gasteiger partial charge >= 0.3 is 0 Å². The van der Waals surface area contributed by atoms with Crippen LogP contribution in [-0.4, -0.2) is 34.9 Å². The predicted molar refractivity (Wildman–Crippen MR) is 51.0 cm³/mol. The van der Waals surface area contributed by atoms with Gasteiger partial charge in [-0.1, -0.05) is 0 Å². The lowest BCUT2D eigenvalue weighted by Crippen LogP contribution is -2.05. The van der Waals surface area contributed by atoms with Crippen molar-refractivity contribution in [1.29, 1.82) is 0 Å². The molecule has 0 saturated heterocycles. The van der Waals surface area contributed by atoms with E-state index < -0.39 is 0 Å². The molecule has 2 rings (SSSR count). The highest BCUT2D eigenvalue weighted by atomic mass is 16.5. The van der Waals surface area contributed by atoms with E-state index in [4.69, 9.17) is 9.84 Å². The lowest BCUT2D eigenvalue weighted by atomic mass is 10.1. The van der Waals surface area contributed by atoms with Crippen molar-refractivity contribution in [3.05, 3.63) is 23.3 Å². The van der Waals surface area contributed by atoms with Gasteiger partial charge in [-0.3, -0.25) is 0 Å². The SMILES string of the molecule is OCCc1ncc2c(n1)CCOCC2. The van der Waals surface area contributed by atoms with Crippen molar-refractivity contribution in [2.75, 3.05) is 19.8 Å². The molecule has 0 spiro atoms. The molecule has 0 radical (unpaired) electrons. The summed E-state index contributed by atoms with van der Waals surface area (Å²) in [6.07, 6.45) is 4.15. The monoisotopic (exact) mass is 194 g/mol. The number of aliphatic hydroxyl groups excluding tert-OH is 1. The van der Waals surface area contributed by atoms with Crippen LogP contribution in [0.1, 0.15) is 17.1 Å². The molecular weight excluding hydrogens is 180 g/mol. The summed E-state index contributed by atoms with van der Waals surface area (Å²) >= 11 is 0. The molecule has 1 aromatic heterocycles. The zero-order chi connectivity index (χ0) is 9.80. The molecular formula is C10H14N2O2. The van der Waals surface area contributed by atoms with E-state index >= 15 is 0 Å². The van der Waals surface area contributed by atoms with Gasteiger partial charge in [0.05, 0.1) is 19.8 Å². The number of rotatable bonds is 2. The summed E-state index contributed by atoms with van der Waals surface area (Å²) in [4.78, 5) is 8.61. The summed E-state index contributed by atoms with van der Waals surface area (Å²) in [5.74, 6) is 0.730. The highest BCUT2D eigenvalue weighted by Gasteiger charge is 2.10. The number of aromatic nitrogens is 2. The molecule has 0 aromatic carbocycles. The standard InChI is InChI=1S/C10H14N2O2/c13-4-1-10-11-7-8-2-5-14-6-3-9(8)12-10/h7,13H,1-6H2. The summed E-state index contributed by atoms with van der Waals surface area (Å²) in [6, 6.07) is 0. The summed E-state index contributed by atoms with van der Waals surface area (Å²) < 4.78 is 5.36. The van der Waals surface area contributed by atoms with Gasteiger partial charge in [-0.25, -0.2) is 9.97 Å². The fraction of sp³-hybridized carbons (Fsp3) is 0.600. The molecule has 1 aliphatic rings. The van der Waals surface area contributed by atoms with Gasteiger partial charge in [0.25, 0.3) is 0 Å². The Morgan fingerprint density at radius 1 is 1.36 bits per heavy atom. The first-order valence-electron chi connectivity index (χ1n) is 4.92. The van der Waals surface area contributed by atoms with E-state index in [9.17, 15) is 0 Å². The minimum absolute atomic E-state index is 0.106. The second-order valence-corrected chi connectivity index (χ2v) is 3.34. The lowest BCUT2D eigenvalue weighted by molar-refractivity contribution is 0.146. The molecule has 1 aliphatic heterocycles. The molecule has 0 fully saturated rings. The Hall–Kier alpha value is -1.00. The molecule has 0 aliphatic carbocycles. The average Bonchev–Trinajstić information content (AvgIpc) is 2.42. The molecule has 1 aromatic rings. The molecule has 1 N–H and O–H groups in total. The number of nitrogens with zero attached hydrogens (tertiary/aromatic N) is 2. The van der Waals surface area contributed by atoms with Gasteiger partial charge in [-0.15, -0.1) is 0 Å². The molecule has 0 saturated carbocycles. The number of hydrogen-bond acceptors (Lipinski definition) is 4. The molecule has 0 atom stereocenters. The third-order valence-corrected chi connectivity index (χ3v) is 2.34. The first-order chi connectivity index (χ1) is 6.90. The second-order valence-electron chi connectivity index (χ2n) is 3.34. The van der Waals surface area contributed by atoms with Gasteiger partial charge in [-0.2, -0.15) is 0 Å². The maximum absolute atomic E-state index is 8.77. The van der Waals surface area contributed by atoms with Crippen molar-refractivity contribution in [2.24, 2.45) is 0 Å². The Labute approximate surface area is 83.0 Å². The van der Waals surface area contributed by atoms with Crippen LogP contribution in [0, 0.1) is 0 Å². The van der Waals surface area contributed by atoms with Crippen molar-refractivity contribution in [2.45, 2.75) is 19.3 Å². The van der Waals surface area contributed by atoms with E-state index in [1.54, 1.807) is 0 Å². The number of hydrogen-bond donors (Lipinski definition) is 1. The van der Waals surface area contributed by atoms with Crippen molar-refractivity contribution >= 4 is 0 Å². The zero-order valence-electron chi connectivity index (χ0n) is 8.07. The number of ether oxygens (including phenoxy) is 1. The molecule has 14 heavy (non-hydrogen) atoms. The summed E-state index contributed by atoms with van der Waals surface area (Å²) in [5.41, 5.74) is 2.27. The lowest BCUT2D eigenvalue weighted by Gasteiger charge is -2.04. The van der Waals surface area contributed by atoms with Crippen LogP contribution in [0.5, 0.6) is 0 Å². The Balaban J connectivity index is 2.23. The van der Waals surface area contributed by atoms with Crippen molar-refractivity contribution in [3.63, 3.8) is 0 Å². The van der Waals surface area contributed by atoms with Crippen molar-refractivity contribution < 1.29 is 9.84 Å². The summed E-state index contributed by atoms with van der Waals surface area (Å²) in [7, 11) is 0. The van der Waals surface area contributed by atoms with Gasteiger partial charge in [0.15, 0.2) is 0 Å². The van der Waals surface area contributed by atoms with Crippen molar-refractivity contribution in [3.8, 4) is 0 Å². The quantitative estimate of drug-likeness (QED) is 0.727. The Morgan fingerprint density at radius 2 is 2.21 bits per heavy atom. The Kier molecular flexibility index (Phi) is 3.06. The van der Waals surface area contributed by atoms with E-state index in [1.807, 2.05) is 6.20 Å². The number of aliphatic hydroxyl groups is 1. The zero-order valence-corrected chi connectivity index (χ0v) is 8.07. The highest BCUT2D eigenvalue weighted by molar-refractivity contribution is 5.19. The minimum Gasteiger partial charge on any atom is -0.396 e. The summed E-state index contributed by atoms with van der Waals surface area (Å²) in [5, 5.41) is 8.77. The van der Waals surface area contributed by atoms with E-state index in [1.165, 1.54) is 5.56 Å². The fourth-order valence-corrected chi connectivity index (χ4v) is 1.58. The first kappa shape index (κ1) is 9.55. The third-order valence-electron chi connectivity index (χ3n) is 2.34. The predicted octanol–water partition coefficient (Wildman–Crippen LogP) is 0.127. The van der Waals surface area contributed by atoms with Crippen LogP contribution in [0.15, 0.2) is 6.20 Å². The number of fused-ring (bicyclic) bond motifs is 1. The van der Waals surface area contributed by atoms with Crippen LogP contribution in [0.4, 0.5) is 0 Å². The second kappa shape index (κ2) is 4.48. The fourth-order valence-electron chi connectivity index (χ4n) is 1.58. The van der Waals surface area contributed by atoms with Crippen molar-refractivity contribution in [1.82, 2.24) is 9.97 Å².